The molecule has 0 spiro atoms. The molecular weight excluding hydrogens is 204 g/mol. The van der Waals surface area contributed by atoms with Gasteiger partial charge in [0.05, 0.1) is 11.6 Å². The van der Waals surface area contributed by atoms with Crippen LogP contribution in [0.3, 0.4) is 0 Å². The highest BCUT2D eigenvalue weighted by atomic mass is 35.5. The van der Waals surface area contributed by atoms with Gasteiger partial charge in [-0.25, -0.2) is 0 Å². The molecule has 5 heteroatoms. The monoisotopic (exact) mass is 216 g/mol. The van der Waals surface area contributed by atoms with Crippen molar-refractivity contribution in [2.75, 3.05) is 0 Å². The molecule has 2 rings (SSSR count). The maximum Gasteiger partial charge on any atom is 0.306 e. The van der Waals surface area contributed by atoms with Crippen molar-refractivity contribution >= 4 is 18.4 Å². The standard InChI is InChI=1S/C9H12N2O2.ClH/c1-5-7-3-2-6(9(12)13)4-8(7)11-10-5;/h6H,2-4H2,1H3,(H,10,11)(H,12,13);1H. The molecule has 0 bridgehead atoms. The van der Waals surface area contributed by atoms with E-state index in [1.807, 2.05) is 6.92 Å². The van der Waals surface area contributed by atoms with E-state index < -0.39 is 5.97 Å². The highest BCUT2D eigenvalue weighted by Gasteiger charge is 2.26. The molecule has 0 aliphatic heterocycles. The Morgan fingerprint density at radius 2 is 2.36 bits per heavy atom. The van der Waals surface area contributed by atoms with Gasteiger partial charge in [0.1, 0.15) is 0 Å². The second-order valence-electron chi connectivity index (χ2n) is 3.55. The van der Waals surface area contributed by atoms with Crippen LogP contribution in [0.25, 0.3) is 0 Å². The molecule has 0 radical (unpaired) electrons. The number of hydrogen-bond donors (Lipinski definition) is 2. The molecule has 1 aliphatic rings. The number of fused-ring (bicyclic) bond motifs is 1. The zero-order chi connectivity index (χ0) is 9.42. The predicted molar refractivity (Wildman–Crippen MR) is 53.7 cm³/mol. The number of nitrogens with zero attached hydrogens (tertiary/aromatic N) is 1. The number of aromatic amines is 1. The fourth-order valence-electron chi connectivity index (χ4n) is 1.87. The van der Waals surface area contributed by atoms with Crippen molar-refractivity contribution in [1.29, 1.82) is 0 Å². The van der Waals surface area contributed by atoms with E-state index in [4.69, 9.17) is 5.11 Å². The molecule has 0 amide bonds. The number of aryl methyl sites for hydroxylation is 1. The molecule has 0 fully saturated rings. The average molecular weight is 217 g/mol. The number of hydrogen-bond acceptors (Lipinski definition) is 2. The van der Waals surface area contributed by atoms with Crippen LogP contribution in [0, 0.1) is 12.8 Å². The van der Waals surface area contributed by atoms with Gasteiger partial charge in [0, 0.05) is 12.1 Å². The van der Waals surface area contributed by atoms with Gasteiger partial charge < -0.3 is 5.11 Å². The molecular formula is C9H13ClN2O2. The van der Waals surface area contributed by atoms with E-state index in [1.54, 1.807) is 0 Å². The summed E-state index contributed by atoms with van der Waals surface area (Å²) in [5.74, 6) is -0.943. The quantitative estimate of drug-likeness (QED) is 0.744. The zero-order valence-electron chi connectivity index (χ0n) is 7.91. The molecule has 1 atom stereocenters. The van der Waals surface area contributed by atoms with Crippen molar-refractivity contribution in [2.45, 2.75) is 26.2 Å². The lowest BCUT2D eigenvalue weighted by Crippen LogP contribution is -2.22. The number of carboxylic acids is 1. The largest absolute Gasteiger partial charge is 0.481 e. The van der Waals surface area contributed by atoms with Crippen LogP contribution in [0.15, 0.2) is 0 Å². The Hall–Kier alpha value is -1.03. The third kappa shape index (κ3) is 1.75. The average Bonchev–Trinajstić information content (AvgIpc) is 2.47. The van der Waals surface area contributed by atoms with Crippen LogP contribution in [-0.4, -0.2) is 21.3 Å². The first-order valence-electron chi connectivity index (χ1n) is 4.44. The molecule has 1 aromatic rings. The fourth-order valence-corrected chi connectivity index (χ4v) is 1.87. The van der Waals surface area contributed by atoms with Crippen molar-refractivity contribution in [3.8, 4) is 0 Å². The van der Waals surface area contributed by atoms with Crippen molar-refractivity contribution in [3.63, 3.8) is 0 Å². The number of rotatable bonds is 1. The summed E-state index contributed by atoms with van der Waals surface area (Å²) < 4.78 is 0. The zero-order valence-corrected chi connectivity index (χ0v) is 8.73. The smallest absolute Gasteiger partial charge is 0.306 e. The molecule has 4 nitrogen and oxygen atoms in total. The maximum absolute atomic E-state index is 10.7. The highest BCUT2D eigenvalue weighted by molar-refractivity contribution is 5.85. The Morgan fingerprint density at radius 3 is 3.00 bits per heavy atom. The first kappa shape index (κ1) is 11.0. The van der Waals surface area contributed by atoms with Crippen molar-refractivity contribution in [1.82, 2.24) is 10.2 Å². The Morgan fingerprint density at radius 1 is 1.64 bits per heavy atom. The molecule has 0 saturated heterocycles. The topological polar surface area (TPSA) is 66.0 Å². The van der Waals surface area contributed by atoms with Gasteiger partial charge in [0.15, 0.2) is 0 Å². The van der Waals surface area contributed by atoms with Crippen molar-refractivity contribution in [3.05, 3.63) is 17.0 Å². The van der Waals surface area contributed by atoms with E-state index in [0.717, 1.165) is 24.2 Å². The van der Waals surface area contributed by atoms with Gasteiger partial charge in [-0.2, -0.15) is 5.10 Å². The van der Waals surface area contributed by atoms with E-state index >= 15 is 0 Å². The lowest BCUT2D eigenvalue weighted by molar-refractivity contribution is -0.142. The maximum atomic E-state index is 10.7. The Balaban J connectivity index is 0.000000980. The summed E-state index contributed by atoms with van der Waals surface area (Å²) in [6.45, 7) is 1.98. The normalized spacial score (nSPS) is 19.6. The number of aliphatic carboxylic acids is 1. The molecule has 1 aliphatic carbocycles. The van der Waals surface area contributed by atoms with Crippen LogP contribution in [-0.2, 0) is 17.6 Å². The van der Waals surface area contributed by atoms with Crippen molar-refractivity contribution < 1.29 is 9.90 Å². The van der Waals surface area contributed by atoms with Crippen LogP contribution in [0.4, 0.5) is 0 Å². The third-order valence-corrected chi connectivity index (χ3v) is 2.69. The predicted octanol–water partition coefficient (Wildman–Crippen LogP) is 1.33. The fraction of sp³-hybridized carbons (Fsp3) is 0.556. The van der Waals surface area contributed by atoms with Gasteiger partial charge >= 0.3 is 5.97 Å². The summed E-state index contributed by atoms with van der Waals surface area (Å²) in [5.41, 5.74) is 3.24. The lowest BCUT2D eigenvalue weighted by atomic mass is 9.87. The van der Waals surface area contributed by atoms with Crippen LogP contribution in [0.5, 0.6) is 0 Å². The molecule has 1 aromatic heterocycles. The van der Waals surface area contributed by atoms with Gasteiger partial charge in [-0.15, -0.1) is 12.4 Å². The molecule has 14 heavy (non-hydrogen) atoms. The van der Waals surface area contributed by atoms with E-state index in [0.29, 0.717) is 6.42 Å². The second-order valence-corrected chi connectivity index (χ2v) is 3.55. The summed E-state index contributed by atoms with van der Waals surface area (Å²) in [4.78, 5) is 10.7. The van der Waals surface area contributed by atoms with Crippen LogP contribution < -0.4 is 0 Å². The number of aromatic nitrogens is 2. The van der Waals surface area contributed by atoms with E-state index in [-0.39, 0.29) is 18.3 Å². The molecule has 1 unspecified atom stereocenters. The summed E-state index contributed by atoms with van der Waals surface area (Å²) >= 11 is 0. The van der Waals surface area contributed by atoms with Gasteiger partial charge in [0.2, 0.25) is 0 Å². The van der Waals surface area contributed by atoms with E-state index in [2.05, 4.69) is 10.2 Å². The van der Waals surface area contributed by atoms with E-state index in [9.17, 15) is 4.79 Å². The Kier molecular flexibility index (Phi) is 3.16. The van der Waals surface area contributed by atoms with Crippen molar-refractivity contribution in [2.24, 2.45) is 5.92 Å². The first-order valence-corrected chi connectivity index (χ1v) is 4.44. The third-order valence-electron chi connectivity index (χ3n) is 2.69. The summed E-state index contributed by atoms with van der Waals surface area (Å²) in [7, 11) is 0. The molecule has 0 saturated carbocycles. The minimum atomic E-state index is -0.702. The second kappa shape index (κ2) is 4.00. The van der Waals surface area contributed by atoms with Crippen LogP contribution in [0.1, 0.15) is 23.4 Å². The molecule has 0 aromatic carbocycles. The number of H-pyrrole nitrogens is 1. The van der Waals surface area contributed by atoms with Gasteiger partial charge in [-0.3, -0.25) is 9.89 Å². The Bertz CT molecular complexity index is 349. The minimum Gasteiger partial charge on any atom is -0.481 e. The van der Waals surface area contributed by atoms with E-state index in [1.165, 1.54) is 5.56 Å². The summed E-state index contributed by atoms with van der Waals surface area (Å²) in [6, 6.07) is 0. The van der Waals surface area contributed by atoms with Gasteiger partial charge in [0.25, 0.3) is 0 Å². The number of carboxylic acid groups (broad SMARTS) is 1. The number of nitrogens with one attached hydrogen (secondary N) is 1. The number of carbonyl (C=O) groups is 1. The molecule has 1 heterocycles. The highest BCUT2D eigenvalue weighted by Crippen LogP contribution is 2.25. The number of halogens is 1. The SMILES string of the molecule is Cc1[nH]nc2c1CCC(C(=O)O)C2.Cl. The Labute approximate surface area is 88.1 Å². The summed E-state index contributed by atoms with van der Waals surface area (Å²) in [6.07, 6.45) is 2.16. The first-order chi connectivity index (χ1) is 6.18. The molecule has 2 N–H and O–H groups in total. The lowest BCUT2D eigenvalue weighted by Gasteiger charge is -2.17. The minimum absolute atomic E-state index is 0. The molecule has 78 valence electrons. The van der Waals surface area contributed by atoms with Crippen LogP contribution in [0.2, 0.25) is 0 Å². The van der Waals surface area contributed by atoms with Crippen LogP contribution >= 0.6 is 12.4 Å². The van der Waals surface area contributed by atoms with Gasteiger partial charge in [-0.1, -0.05) is 0 Å². The summed E-state index contributed by atoms with van der Waals surface area (Å²) in [5, 5.41) is 15.8. The van der Waals surface area contributed by atoms with Gasteiger partial charge in [-0.05, 0) is 25.3 Å².